The van der Waals surface area contributed by atoms with Crippen LogP contribution in [0.5, 0.6) is 0 Å². The Labute approximate surface area is 133 Å². The lowest BCUT2D eigenvalue weighted by atomic mass is 10.1. The van der Waals surface area contributed by atoms with Gasteiger partial charge in [0.05, 0.1) is 11.3 Å². The molecule has 0 radical (unpaired) electrons. The quantitative estimate of drug-likeness (QED) is 0.810. The molecule has 6 heteroatoms. The Balaban J connectivity index is 2.21. The predicted molar refractivity (Wildman–Crippen MR) is 84.2 cm³/mol. The summed E-state index contributed by atoms with van der Waals surface area (Å²) >= 11 is 0. The molecule has 0 fully saturated rings. The molecule has 0 saturated heterocycles. The van der Waals surface area contributed by atoms with E-state index in [2.05, 4.69) is 0 Å². The van der Waals surface area contributed by atoms with Crippen LogP contribution in [-0.4, -0.2) is 8.42 Å². The number of halogens is 3. The normalized spacial score (nSPS) is 13.1. The Kier molecular flexibility index (Phi) is 4.94. The summed E-state index contributed by atoms with van der Waals surface area (Å²) in [6, 6.07) is 13.1. The van der Waals surface area contributed by atoms with Crippen molar-refractivity contribution in [1.82, 2.24) is 0 Å². The smallest absolute Gasteiger partial charge is 0.224 e. The fraction of sp³-hybridized carbons (Fsp3) is 0.176. The van der Waals surface area contributed by atoms with Gasteiger partial charge >= 0.3 is 6.18 Å². The second kappa shape index (κ2) is 6.58. The Hall–Kier alpha value is -2.08. The topological polar surface area (TPSA) is 34.1 Å². The maximum Gasteiger partial charge on any atom is 0.416 e. The SMILES string of the molecule is C/C(=C\S(=O)(=O)Cc1ccccc1)c1ccc(C(F)(F)F)cc1. The zero-order chi connectivity index (χ0) is 17.1. The maximum atomic E-state index is 12.5. The standard InChI is InChI=1S/C17H15F3O2S/c1-13(15-7-9-16(10-8-15)17(18,19)20)11-23(21,22)12-14-5-3-2-4-6-14/h2-11H,12H2,1H3/b13-11+. The summed E-state index contributed by atoms with van der Waals surface area (Å²) in [6.45, 7) is 1.56. The summed E-state index contributed by atoms with van der Waals surface area (Å²) in [5.74, 6) is -0.147. The molecule has 0 amide bonds. The van der Waals surface area contributed by atoms with Gasteiger partial charge in [0.15, 0.2) is 9.84 Å². The van der Waals surface area contributed by atoms with Crippen LogP contribution in [0, 0.1) is 0 Å². The second-order valence-electron chi connectivity index (χ2n) is 5.17. The summed E-state index contributed by atoms with van der Waals surface area (Å²) in [5, 5.41) is 1.10. The molecule has 2 aromatic rings. The van der Waals surface area contributed by atoms with Crippen LogP contribution in [0.25, 0.3) is 5.57 Å². The van der Waals surface area contributed by atoms with Crippen molar-refractivity contribution in [2.75, 3.05) is 0 Å². The number of allylic oxidation sites excluding steroid dienone is 1. The van der Waals surface area contributed by atoms with Gasteiger partial charge in [-0.3, -0.25) is 0 Å². The highest BCUT2D eigenvalue weighted by molar-refractivity contribution is 7.93. The zero-order valence-corrected chi connectivity index (χ0v) is 13.2. The molecule has 2 nitrogen and oxygen atoms in total. The molecule has 0 bridgehead atoms. The van der Waals surface area contributed by atoms with Crippen LogP contribution in [0.1, 0.15) is 23.6 Å². The van der Waals surface area contributed by atoms with Crippen LogP contribution in [0.3, 0.4) is 0 Å². The lowest BCUT2D eigenvalue weighted by molar-refractivity contribution is -0.137. The van der Waals surface area contributed by atoms with Crippen LogP contribution in [0.2, 0.25) is 0 Å². The number of alkyl halides is 3. The molecule has 0 N–H and O–H groups in total. The monoisotopic (exact) mass is 340 g/mol. The van der Waals surface area contributed by atoms with E-state index in [4.69, 9.17) is 0 Å². The largest absolute Gasteiger partial charge is 0.416 e. The maximum absolute atomic E-state index is 12.5. The molecule has 23 heavy (non-hydrogen) atoms. The third-order valence-electron chi connectivity index (χ3n) is 3.23. The van der Waals surface area contributed by atoms with Gasteiger partial charge in [-0.05, 0) is 35.8 Å². The second-order valence-corrected chi connectivity index (χ2v) is 7.02. The number of hydrogen-bond acceptors (Lipinski definition) is 2. The molecule has 0 aliphatic rings. The Morgan fingerprint density at radius 3 is 2.09 bits per heavy atom. The van der Waals surface area contributed by atoms with Crippen LogP contribution < -0.4 is 0 Å². The molecule has 0 aliphatic carbocycles. The summed E-state index contributed by atoms with van der Waals surface area (Å²) in [7, 11) is -3.50. The van der Waals surface area contributed by atoms with E-state index in [1.54, 1.807) is 37.3 Å². The van der Waals surface area contributed by atoms with E-state index < -0.39 is 21.6 Å². The molecule has 0 spiro atoms. The van der Waals surface area contributed by atoms with E-state index in [0.29, 0.717) is 16.7 Å². The molecular weight excluding hydrogens is 325 g/mol. The minimum atomic E-state index is -4.41. The molecule has 0 aromatic heterocycles. The molecule has 0 saturated carbocycles. The number of sulfone groups is 1. The van der Waals surface area contributed by atoms with Gasteiger partial charge in [0.2, 0.25) is 0 Å². The highest BCUT2D eigenvalue weighted by Crippen LogP contribution is 2.30. The van der Waals surface area contributed by atoms with E-state index in [0.717, 1.165) is 17.5 Å². The summed E-state index contributed by atoms with van der Waals surface area (Å²) < 4.78 is 61.9. The highest BCUT2D eigenvalue weighted by atomic mass is 32.2. The first-order valence-corrected chi connectivity index (χ1v) is 8.51. The first kappa shape index (κ1) is 17.3. The summed E-state index contributed by atoms with van der Waals surface area (Å²) in [6.07, 6.45) is -4.41. The fourth-order valence-electron chi connectivity index (χ4n) is 2.11. The lowest BCUT2D eigenvalue weighted by Gasteiger charge is -2.08. The summed E-state index contributed by atoms with van der Waals surface area (Å²) in [5.41, 5.74) is 0.731. The van der Waals surface area contributed by atoms with Crippen molar-refractivity contribution < 1.29 is 21.6 Å². The molecule has 2 rings (SSSR count). The number of benzene rings is 2. The van der Waals surface area contributed by atoms with Crippen LogP contribution in [0.15, 0.2) is 60.0 Å². The van der Waals surface area contributed by atoms with Crippen molar-refractivity contribution in [3.05, 3.63) is 76.7 Å². The van der Waals surface area contributed by atoms with Gasteiger partial charge in [-0.25, -0.2) is 8.42 Å². The zero-order valence-electron chi connectivity index (χ0n) is 12.3. The van der Waals surface area contributed by atoms with Crippen molar-refractivity contribution in [1.29, 1.82) is 0 Å². The minimum absolute atomic E-state index is 0.147. The predicted octanol–water partition coefficient (Wildman–Crippen LogP) is 4.68. The first-order chi connectivity index (χ1) is 10.7. The minimum Gasteiger partial charge on any atom is -0.224 e. The average Bonchev–Trinajstić information content (AvgIpc) is 2.46. The third-order valence-corrected chi connectivity index (χ3v) is 4.68. The van der Waals surface area contributed by atoms with Crippen molar-refractivity contribution in [3.63, 3.8) is 0 Å². The molecular formula is C17H15F3O2S. The third kappa shape index (κ3) is 4.96. The molecule has 0 heterocycles. The van der Waals surface area contributed by atoms with Crippen LogP contribution in [-0.2, 0) is 21.8 Å². The van der Waals surface area contributed by atoms with Crippen molar-refractivity contribution in [3.8, 4) is 0 Å². The Bertz CT molecular complexity index is 790. The van der Waals surface area contributed by atoms with E-state index in [1.807, 2.05) is 0 Å². The van der Waals surface area contributed by atoms with Gasteiger partial charge in [-0.1, -0.05) is 42.5 Å². The highest BCUT2D eigenvalue weighted by Gasteiger charge is 2.29. The molecule has 0 unspecified atom stereocenters. The number of hydrogen-bond donors (Lipinski definition) is 0. The van der Waals surface area contributed by atoms with Gasteiger partial charge in [0, 0.05) is 5.41 Å². The van der Waals surface area contributed by atoms with Gasteiger partial charge < -0.3 is 0 Å². The van der Waals surface area contributed by atoms with E-state index >= 15 is 0 Å². The van der Waals surface area contributed by atoms with Gasteiger partial charge in [-0.15, -0.1) is 0 Å². The lowest BCUT2D eigenvalue weighted by Crippen LogP contribution is -2.04. The van der Waals surface area contributed by atoms with Crippen molar-refractivity contribution >= 4 is 15.4 Å². The fourth-order valence-corrected chi connectivity index (χ4v) is 3.52. The average molecular weight is 340 g/mol. The molecule has 2 aromatic carbocycles. The Morgan fingerprint density at radius 2 is 1.57 bits per heavy atom. The van der Waals surface area contributed by atoms with Gasteiger partial charge in [-0.2, -0.15) is 13.2 Å². The van der Waals surface area contributed by atoms with E-state index in [-0.39, 0.29) is 5.75 Å². The summed E-state index contributed by atoms with van der Waals surface area (Å²) in [4.78, 5) is 0. The van der Waals surface area contributed by atoms with Crippen molar-refractivity contribution in [2.45, 2.75) is 18.9 Å². The van der Waals surface area contributed by atoms with Gasteiger partial charge in [0.1, 0.15) is 0 Å². The van der Waals surface area contributed by atoms with Crippen LogP contribution >= 0.6 is 0 Å². The van der Waals surface area contributed by atoms with Gasteiger partial charge in [0.25, 0.3) is 0 Å². The molecule has 122 valence electrons. The molecule has 0 aliphatic heterocycles. The van der Waals surface area contributed by atoms with Crippen molar-refractivity contribution in [2.24, 2.45) is 0 Å². The van der Waals surface area contributed by atoms with E-state index in [1.165, 1.54) is 12.1 Å². The number of rotatable bonds is 4. The Morgan fingerprint density at radius 1 is 1.00 bits per heavy atom. The molecule has 0 atom stereocenters. The van der Waals surface area contributed by atoms with Crippen LogP contribution in [0.4, 0.5) is 13.2 Å². The first-order valence-electron chi connectivity index (χ1n) is 6.80. The van der Waals surface area contributed by atoms with E-state index in [9.17, 15) is 21.6 Å².